The Labute approximate surface area is 120 Å². The molecule has 3 rings (SSSR count). The number of rotatable bonds is 3. The van der Waals surface area contributed by atoms with Crippen molar-refractivity contribution in [3.63, 3.8) is 0 Å². The van der Waals surface area contributed by atoms with E-state index in [0.29, 0.717) is 17.7 Å². The van der Waals surface area contributed by atoms with Crippen LogP contribution in [-0.4, -0.2) is 16.8 Å². The second-order valence-electron chi connectivity index (χ2n) is 4.64. The van der Waals surface area contributed by atoms with Crippen molar-refractivity contribution in [3.8, 4) is 0 Å². The van der Waals surface area contributed by atoms with Gasteiger partial charge in [-0.25, -0.2) is 4.98 Å². The minimum atomic E-state index is -0.335. The maximum absolute atomic E-state index is 11.6. The SMILES string of the molecule is Cc1nc(C)c(CNc2ccc3c(c2)C(=O)NC3=O)s1. The Bertz CT molecular complexity index is 721. The Morgan fingerprint density at radius 1 is 1.20 bits per heavy atom. The summed E-state index contributed by atoms with van der Waals surface area (Å²) in [6.45, 7) is 4.62. The van der Waals surface area contributed by atoms with E-state index in [1.54, 1.807) is 29.5 Å². The molecule has 0 radical (unpaired) electrons. The number of carbonyl (C=O) groups is 2. The molecule has 2 heterocycles. The molecule has 0 spiro atoms. The van der Waals surface area contributed by atoms with Crippen molar-refractivity contribution in [1.82, 2.24) is 10.3 Å². The molecule has 0 bridgehead atoms. The molecule has 2 amide bonds. The van der Waals surface area contributed by atoms with Crippen LogP contribution < -0.4 is 10.6 Å². The predicted molar refractivity (Wildman–Crippen MR) is 77.2 cm³/mol. The molecular formula is C14H13N3O2S. The quantitative estimate of drug-likeness (QED) is 0.849. The van der Waals surface area contributed by atoms with E-state index in [2.05, 4.69) is 15.6 Å². The van der Waals surface area contributed by atoms with Crippen molar-refractivity contribution in [1.29, 1.82) is 0 Å². The summed E-state index contributed by atoms with van der Waals surface area (Å²) < 4.78 is 0. The smallest absolute Gasteiger partial charge is 0.259 e. The van der Waals surface area contributed by atoms with E-state index in [-0.39, 0.29) is 11.8 Å². The van der Waals surface area contributed by atoms with Gasteiger partial charge in [-0.05, 0) is 32.0 Å². The zero-order valence-electron chi connectivity index (χ0n) is 11.1. The van der Waals surface area contributed by atoms with E-state index >= 15 is 0 Å². The fourth-order valence-electron chi connectivity index (χ4n) is 2.20. The van der Waals surface area contributed by atoms with Crippen LogP contribution in [-0.2, 0) is 6.54 Å². The molecule has 1 aliphatic rings. The molecule has 1 aromatic carbocycles. The summed E-state index contributed by atoms with van der Waals surface area (Å²) in [7, 11) is 0. The van der Waals surface area contributed by atoms with Gasteiger partial charge >= 0.3 is 0 Å². The van der Waals surface area contributed by atoms with Crippen molar-refractivity contribution in [3.05, 3.63) is 44.9 Å². The first kappa shape index (κ1) is 12.8. The third-order valence-corrected chi connectivity index (χ3v) is 4.26. The summed E-state index contributed by atoms with van der Waals surface area (Å²) in [4.78, 5) is 28.6. The van der Waals surface area contributed by atoms with Crippen molar-refractivity contribution in [2.24, 2.45) is 0 Å². The molecule has 0 saturated carbocycles. The molecule has 0 fully saturated rings. The molecule has 6 heteroatoms. The lowest BCUT2D eigenvalue weighted by Crippen LogP contribution is -2.19. The summed E-state index contributed by atoms with van der Waals surface area (Å²) in [5.41, 5.74) is 2.70. The number of aryl methyl sites for hydroxylation is 2. The van der Waals surface area contributed by atoms with Gasteiger partial charge in [0.25, 0.3) is 11.8 Å². The fourth-order valence-corrected chi connectivity index (χ4v) is 3.07. The highest BCUT2D eigenvalue weighted by molar-refractivity contribution is 7.11. The molecule has 102 valence electrons. The lowest BCUT2D eigenvalue weighted by atomic mass is 10.1. The highest BCUT2D eigenvalue weighted by Crippen LogP contribution is 2.22. The van der Waals surface area contributed by atoms with Crippen molar-refractivity contribution in [2.75, 3.05) is 5.32 Å². The van der Waals surface area contributed by atoms with E-state index in [9.17, 15) is 9.59 Å². The monoisotopic (exact) mass is 287 g/mol. The van der Waals surface area contributed by atoms with Crippen LogP contribution in [0.15, 0.2) is 18.2 Å². The number of fused-ring (bicyclic) bond motifs is 1. The second kappa shape index (κ2) is 4.72. The van der Waals surface area contributed by atoms with Gasteiger partial charge in [-0.3, -0.25) is 14.9 Å². The molecule has 20 heavy (non-hydrogen) atoms. The number of nitrogens with zero attached hydrogens (tertiary/aromatic N) is 1. The largest absolute Gasteiger partial charge is 0.380 e. The van der Waals surface area contributed by atoms with Gasteiger partial charge in [-0.15, -0.1) is 11.3 Å². The number of anilines is 1. The van der Waals surface area contributed by atoms with Crippen LogP contribution in [0.4, 0.5) is 5.69 Å². The van der Waals surface area contributed by atoms with Gasteiger partial charge in [0.05, 0.1) is 28.4 Å². The van der Waals surface area contributed by atoms with Gasteiger partial charge in [0, 0.05) is 10.6 Å². The first-order valence-electron chi connectivity index (χ1n) is 6.21. The Morgan fingerprint density at radius 3 is 2.65 bits per heavy atom. The number of carbonyl (C=O) groups excluding carboxylic acids is 2. The first-order valence-corrected chi connectivity index (χ1v) is 7.03. The summed E-state index contributed by atoms with van der Waals surface area (Å²) in [6, 6.07) is 5.18. The standard InChI is InChI=1S/C14H13N3O2S/c1-7-12(20-8(2)16-7)6-15-9-3-4-10-11(5-9)14(19)17-13(10)18/h3-5,15H,6H2,1-2H3,(H,17,18,19). The number of thiazole rings is 1. The molecule has 1 aliphatic heterocycles. The van der Waals surface area contributed by atoms with Crippen LogP contribution in [0.5, 0.6) is 0 Å². The summed E-state index contributed by atoms with van der Waals surface area (Å²) in [5.74, 6) is -0.663. The topological polar surface area (TPSA) is 71.1 Å². The predicted octanol–water partition coefficient (Wildman–Crippen LogP) is 2.26. The first-order chi connectivity index (χ1) is 9.54. The molecule has 0 unspecified atom stereocenters. The third kappa shape index (κ3) is 2.18. The summed E-state index contributed by atoms with van der Waals surface area (Å²) in [6.07, 6.45) is 0. The average Bonchev–Trinajstić information content (AvgIpc) is 2.87. The minimum Gasteiger partial charge on any atom is -0.380 e. The maximum Gasteiger partial charge on any atom is 0.259 e. The zero-order chi connectivity index (χ0) is 14.3. The highest BCUT2D eigenvalue weighted by atomic mass is 32.1. The van der Waals surface area contributed by atoms with Gasteiger partial charge in [-0.2, -0.15) is 0 Å². The number of hydrogen-bond donors (Lipinski definition) is 2. The molecular weight excluding hydrogens is 274 g/mol. The van der Waals surface area contributed by atoms with Crippen molar-refractivity contribution in [2.45, 2.75) is 20.4 Å². The van der Waals surface area contributed by atoms with Crippen LogP contribution in [0.25, 0.3) is 0 Å². The van der Waals surface area contributed by atoms with Gasteiger partial charge in [0.15, 0.2) is 0 Å². The third-order valence-electron chi connectivity index (χ3n) is 3.19. The molecule has 0 atom stereocenters. The van der Waals surface area contributed by atoms with Gasteiger partial charge in [-0.1, -0.05) is 0 Å². The molecule has 0 saturated heterocycles. The van der Waals surface area contributed by atoms with E-state index in [0.717, 1.165) is 16.4 Å². The molecule has 1 aromatic heterocycles. The second-order valence-corrected chi connectivity index (χ2v) is 5.93. The Hall–Kier alpha value is -2.21. The summed E-state index contributed by atoms with van der Waals surface area (Å²) in [5, 5.41) is 6.58. The van der Waals surface area contributed by atoms with Crippen LogP contribution in [0.2, 0.25) is 0 Å². The molecule has 2 N–H and O–H groups in total. The molecule has 2 aromatic rings. The number of hydrogen-bond acceptors (Lipinski definition) is 5. The van der Waals surface area contributed by atoms with E-state index in [1.165, 1.54) is 4.88 Å². The Morgan fingerprint density at radius 2 is 1.95 bits per heavy atom. The Kier molecular flexibility index (Phi) is 3.02. The summed E-state index contributed by atoms with van der Waals surface area (Å²) >= 11 is 1.65. The van der Waals surface area contributed by atoms with Crippen LogP contribution in [0.1, 0.15) is 36.3 Å². The van der Waals surface area contributed by atoms with Gasteiger partial charge < -0.3 is 5.32 Å². The maximum atomic E-state index is 11.6. The number of aromatic nitrogens is 1. The number of amides is 2. The minimum absolute atomic E-state index is 0.328. The molecule has 0 aliphatic carbocycles. The van der Waals surface area contributed by atoms with Crippen LogP contribution in [0.3, 0.4) is 0 Å². The van der Waals surface area contributed by atoms with E-state index in [4.69, 9.17) is 0 Å². The average molecular weight is 287 g/mol. The lowest BCUT2D eigenvalue weighted by Gasteiger charge is -2.06. The van der Waals surface area contributed by atoms with Gasteiger partial charge in [0.2, 0.25) is 0 Å². The van der Waals surface area contributed by atoms with E-state index < -0.39 is 0 Å². The Balaban J connectivity index is 1.79. The fraction of sp³-hybridized carbons (Fsp3) is 0.214. The lowest BCUT2D eigenvalue weighted by molar-refractivity contribution is 0.0879. The van der Waals surface area contributed by atoms with Crippen molar-refractivity contribution >= 4 is 28.8 Å². The zero-order valence-corrected chi connectivity index (χ0v) is 11.9. The van der Waals surface area contributed by atoms with E-state index in [1.807, 2.05) is 13.8 Å². The van der Waals surface area contributed by atoms with Crippen molar-refractivity contribution < 1.29 is 9.59 Å². The van der Waals surface area contributed by atoms with Crippen LogP contribution >= 0.6 is 11.3 Å². The number of nitrogens with one attached hydrogen (secondary N) is 2. The number of benzene rings is 1. The highest BCUT2D eigenvalue weighted by Gasteiger charge is 2.26. The number of imide groups is 1. The van der Waals surface area contributed by atoms with Gasteiger partial charge in [0.1, 0.15) is 0 Å². The van der Waals surface area contributed by atoms with Crippen LogP contribution in [0, 0.1) is 13.8 Å². The molecule has 5 nitrogen and oxygen atoms in total. The normalized spacial score (nSPS) is 13.3.